The Morgan fingerprint density at radius 3 is 2.44 bits per heavy atom. The first-order chi connectivity index (χ1) is 15.3. The van der Waals surface area contributed by atoms with Gasteiger partial charge in [-0.15, -0.1) is 5.10 Å². The second-order valence-corrected chi connectivity index (χ2v) is 9.08. The fraction of sp³-hybridized carbons (Fsp3) is 0.192. The standard InChI is InChI=1S/C26H25BrN4O/c1-16(2)21-15-20(27)11-12-22(21)28-26(32)24-29-25(19-8-6-5-7-9-19)31(30-24)23-13-10-17(3)14-18(23)4/h5-16H,1-4H3,(H,28,32). The summed E-state index contributed by atoms with van der Waals surface area (Å²) in [6.45, 7) is 8.28. The summed E-state index contributed by atoms with van der Waals surface area (Å²) in [5.74, 6) is 0.669. The van der Waals surface area contributed by atoms with Crippen molar-refractivity contribution in [3.8, 4) is 17.1 Å². The van der Waals surface area contributed by atoms with Gasteiger partial charge in [0, 0.05) is 15.7 Å². The van der Waals surface area contributed by atoms with Gasteiger partial charge < -0.3 is 5.32 Å². The van der Waals surface area contributed by atoms with Gasteiger partial charge in [0.2, 0.25) is 5.82 Å². The van der Waals surface area contributed by atoms with Crippen molar-refractivity contribution in [1.29, 1.82) is 0 Å². The largest absolute Gasteiger partial charge is 0.319 e. The third kappa shape index (κ3) is 4.50. The number of aromatic nitrogens is 3. The van der Waals surface area contributed by atoms with Crippen molar-refractivity contribution < 1.29 is 4.79 Å². The molecule has 4 aromatic rings. The molecule has 4 rings (SSSR count). The fourth-order valence-electron chi connectivity index (χ4n) is 3.70. The molecule has 0 radical (unpaired) electrons. The number of anilines is 1. The highest BCUT2D eigenvalue weighted by molar-refractivity contribution is 9.10. The summed E-state index contributed by atoms with van der Waals surface area (Å²) in [5.41, 5.74) is 5.83. The molecule has 0 saturated carbocycles. The zero-order chi connectivity index (χ0) is 22.8. The number of halogens is 1. The summed E-state index contributed by atoms with van der Waals surface area (Å²) < 4.78 is 2.73. The number of aryl methyl sites for hydroxylation is 2. The summed E-state index contributed by atoms with van der Waals surface area (Å²) in [6, 6.07) is 21.8. The summed E-state index contributed by atoms with van der Waals surface area (Å²) >= 11 is 3.51. The Kier molecular flexibility index (Phi) is 6.24. The van der Waals surface area contributed by atoms with Crippen LogP contribution in [0.4, 0.5) is 5.69 Å². The maximum Gasteiger partial charge on any atom is 0.295 e. The second-order valence-electron chi connectivity index (χ2n) is 8.17. The molecule has 0 aliphatic heterocycles. The van der Waals surface area contributed by atoms with Crippen LogP contribution in [-0.2, 0) is 0 Å². The van der Waals surface area contributed by atoms with Crippen molar-refractivity contribution in [2.45, 2.75) is 33.6 Å². The van der Waals surface area contributed by atoms with Crippen LogP contribution >= 0.6 is 15.9 Å². The molecule has 0 atom stereocenters. The number of carbonyl (C=O) groups excluding carboxylic acids is 1. The highest BCUT2D eigenvalue weighted by Gasteiger charge is 2.21. The molecule has 1 N–H and O–H groups in total. The van der Waals surface area contributed by atoms with E-state index in [9.17, 15) is 4.79 Å². The van der Waals surface area contributed by atoms with Gasteiger partial charge in [-0.25, -0.2) is 9.67 Å². The lowest BCUT2D eigenvalue weighted by molar-refractivity contribution is 0.101. The van der Waals surface area contributed by atoms with Crippen molar-refractivity contribution in [2.24, 2.45) is 0 Å². The summed E-state index contributed by atoms with van der Waals surface area (Å²) in [7, 11) is 0. The highest BCUT2D eigenvalue weighted by Crippen LogP contribution is 2.29. The van der Waals surface area contributed by atoms with Crippen molar-refractivity contribution in [3.05, 3.63) is 93.7 Å². The van der Waals surface area contributed by atoms with E-state index in [1.807, 2.05) is 67.6 Å². The summed E-state index contributed by atoms with van der Waals surface area (Å²) in [4.78, 5) is 17.8. The molecule has 0 aliphatic carbocycles. The van der Waals surface area contributed by atoms with Crippen LogP contribution in [0.2, 0.25) is 0 Å². The predicted octanol–water partition coefficient (Wildman–Crippen LogP) is 6.69. The van der Waals surface area contributed by atoms with Crippen molar-refractivity contribution in [1.82, 2.24) is 14.8 Å². The lowest BCUT2D eigenvalue weighted by Crippen LogP contribution is -2.16. The Morgan fingerprint density at radius 1 is 1.00 bits per heavy atom. The van der Waals surface area contributed by atoms with Gasteiger partial charge in [-0.05, 0) is 55.2 Å². The van der Waals surface area contributed by atoms with Gasteiger partial charge in [-0.1, -0.05) is 77.8 Å². The van der Waals surface area contributed by atoms with Gasteiger partial charge >= 0.3 is 0 Å². The minimum Gasteiger partial charge on any atom is -0.319 e. The van der Waals surface area contributed by atoms with Gasteiger partial charge in [0.25, 0.3) is 5.91 Å². The van der Waals surface area contributed by atoms with Crippen LogP contribution in [-0.4, -0.2) is 20.7 Å². The molecule has 0 aliphatic rings. The maximum atomic E-state index is 13.2. The number of benzene rings is 3. The molecule has 1 heterocycles. The quantitative estimate of drug-likeness (QED) is 0.340. The molecular formula is C26H25BrN4O. The lowest BCUT2D eigenvalue weighted by Gasteiger charge is -2.13. The number of hydrogen-bond acceptors (Lipinski definition) is 3. The number of nitrogens with one attached hydrogen (secondary N) is 1. The molecule has 32 heavy (non-hydrogen) atoms. The SMILES string of the molecule is Cc1ccc(-n2nc(C(=O)Nc3ccc(Br)cc3C(C)C)nc2-c2ccccc2)c(C)c1. The van der Waals surface area contributed by atoms with Gasteiger partial charge in [0.1, 0.15) is 0 Å². The van der Waals surface area contributed by atoms with Crippen molar-refractivity contribution in [2.75, 3.05) is 5.32 Å². The molecule has 1 amide bonds. The van der Waals surface area contributed by atoms with Crippen molar-refractivity contribution in [3.63, 3.8) is 0 Å². The monoisotopic (exact) mass is 488 g/mol. The topological polar surface area (TPSA) is 59.8 Å². The fourth-order valence-corrected chi connectivity index (χ4v) is 4.08. The third-order valence-electron chi connectivity index (χ3n) is 5.31. The molecular weight excluding hydrogens is 464 g/mol. The van der Waals surface area contributed by atoms with Crippen LogP contribution in [0.15, 0.2) is 71.2 Å². The minimum atomic E-state index is -0.338. The van der Waals surface area contributed by atoms with E-state index in [0.29, 0.717) is 5.82 Å². The van der Waals surface area contributed by atoms with Gasteiger partial charge in [-0.3, -0.25) is 4.79 Å². The van der Waals surface area contributed by atoms with Crippen LogP contribution in [0.3, 0.4) is 0 Å². The van der Waals surface area contributed by atoms with Gasteiger partial charge in [-0.2, -0.15) is 0 Å². The number of rotatable bonds is 5. The zero-order valence-corrected chi connectivity index (χ0v) is 20.1. The smallest absolute Gasteiger partial charge is 0.295 e. The second kappa shape index (κ2) is 9.09. The predicted molar refractivity (Wildman–Crippen MR) is 132 cm³/mol. The third-order valence-corrected chi connectivity index (χ3v) is 5.80. The first-order valence-electron chi connectivity index (χ1n) is 10.5. The van der Waals surface area contributed by atoms with Crippen LogP contribution in [0.1, 0.15) is 47.1 Å². The number of carbonyl (C=O) groups is 1. The zero-order valence-electron chi connectivity index (χ0n) is 18.6. The summed E-state index contributed by atoms with van der Waals surface area (Å²) in [6.07, 6.45) is 0. The summed E-state index contributed by atoms with van der Waals surface area (Å²) in [5, 5.41) is 7.62. The van der Waals surface area contributed by atoms with Crippen LogP contribution in [0.5, 0.6) is 0 Å². The average molecular weight is 489 g/mol. The average Bonchev–Trinajstić information content (AvgIpc) is 3.21. The van der Waals surface area contributed by atoms with E-state index >= 15 is 0 Å². The lowest BCUT2D eigenvalue weighted by atomic mass is 10.0. The normalized spacial score (nSPS) is 11.1. The molecule has 162 valence electrons. The van der Waals surface area contributed by atoms with Gasteiger partial charge in [0.15, 0.2) is 5.82 Å². The molecule has 6 heteroatoms. The van der Waals surface area contributed by atoms with Gasteiger partial charge in [0.05, 0.1) is 5.69 Å². The first-order valence-corrected chi connectivity index (χ1v) is 11.3. The number of nitrogens with zero attached hydrogens (tertiary/aromatic N) is 3. The minimum absolute atomic E-state index is 0.126. The van der Waals surface area contributed by atoms with Crippen LogP contribution in [0, 0.1) is 13.8 Å². The molecule has 0 unspecified atom stereocenters. The van der Waals surface area contributed by atoms with E-state index in [2.05, 4.69) is 58.2 Å². The Balaban J connectivity index is 1.77. The van der Waals surface area contributed by atoms with Crippen LogP contribution < -0.4 is 5.32 Å². The van der Waals surface area contributed by atoms with E-state index < -0.39 is 0 Å². The van der Waals surface area contributed by atoms with E-state index in [1.165, 1.54) is 5.56 Å². The molecule has 0 bridgehead atoms. The highest BCUT2D eigenvalue weighted by atomic mass is 79.9. The Morgan fingerprint density at radius 2 is 1.75 bits per heavy atom. The number of hydrogen-bond donors (Lipinski definition) is 1. The Labute approximate surface area is 196 Å². The Hall–Kier alpha value is -3.25. The van der Waals surface area contributed by atoms with E-state index in [0.717, 1.165) is 32.5 Å². The molecule has 0 spiro atoms. The maximum absolute atomic E-state index is 13.2. The molecule has 0 fully saturated rings. The van der Waals surface area contributed by atoms with E-state index in [-0.39, 0.29) is 17.6 Å². The van der Waals surface area contributed by atoms with E-state index in [4.69, 9.17) is 0 Å². The molecule has 1 aromatic heterocycles. The van der Waals surface area contributed by atoms with Crippen molar-refractivity contribution >= 4 is 27.5 Å². The molecule has 3 aromatic carbocycles. The number of amides is 1. The molecule has 5 nitrogen and oxygen atoms in total. The molecule has 0 saturated heterocycles. The Bertz CT molecular complexity index is 1280. The first kappa shape index (κ1) is 22.0. The van der Waals surface area contributed by atoms with Crippen LogP contribution in [0.25, 0.3) is 17.1 Å². The van der Waals surface area contributed by atoms with E-state index in [1.54, 1.807) is 4.68 Å².